The monoisotopic (exact) mass is 274 g/mol. The molecule has 1 aromatic carbocycles. The van der Waals surface area contributed by atoms with Crippen LogP contribution in [0.25, 0.3) is 0 Å². The van der Waals surface area contributed by atoms with E-state index in [1.165, 1.54) is 16.7 Å². The molecule has 2 atom stereocenters. The normalized spacial score (nSPS) is 22.9. The third-order valence-corrected chi connectivity index (χ3v) is 4.02. The van der Waals surface area contributed by atoms with Crippen LogP contribution >= 0.6 is 0 Å². The highest BCUT2D eigenvalue weighted by Gasteiger charge is 2.24. The summed E-state index contributed by atoms with van der Waals surface area (Å²) in [4.78, 5) is 14.3. The van der Waals surface area contributed by atoms with Gasteiger partial charge in [0.05, 0.1) is 0 Å². The van der Waals surface area contributed by atoms with Crippen LogP contribution in [0.2, 0.25) is 0 Å². The number of nitrogens with one attached hydrogen (secondary N) is 1. The number of piperazine rings is 1. The van der Waals surface area contributed by atoms with Gasteiger partial charge in [-0.25, -0.2) is 0 Å². The minimum absolute atomic E-state index is 0.283. The van der Waals surface area contributed by atoms with Crippen LogP contribution in [0.3, 0.4) is 0 Å². The minimum atomic E-state index is 0.283. The molecule has 1 heterocycles. The van der Waals surface area contributed by atoms with Gasteiger partial charge in [0, 0.05) is 31.6 Å². The van der Waals surface area contributed by atoms with E-state index in [1.807, 2.05) is 4.90 Å². The predicted octanol–water partition coefficient (Wildman–Crippen LogP) is 2.44. The molecule has 20 heavy (non-hydrogen) atoms. The topological polar surface area (TPSA) is 32.3 Å². The van der Waals surface area contributed by atoms with Gasteiger partial charge in [-0.1, -0.05) is 23.8 Å². The number of hydrogen-bond acceptors (Lipinski definition) is 2. The van der Waals surface area contributed by atoms with Crippen LogP contribution < -0.4 is 5.32 Å². The quantitative estimate of drug-likeness (QED) is 0.918. The minimum Gasteiger partial charge on any atom is -0.340 e. The third kappa shape index (κ3) is 3.83. The first-order valence-corrected chi connectivity index (χ1v) is 7.55. The van der Waals surface area contributed by atoms with Crippen molar-refractivity contribution in [3.63, 3.8) is 0 Å². The molecule has 1 N–H and O–H groups in total. The summed E-state index contributed by atoms with van der Waals surface area (Å²) in [6.07, 6.45) is 1.46. The van der Waals surface area contributed by atoms with Crippen molar-refractivity contribution in [2.45, 2.75) is 52.6 Å². The predicted molar refractivity (Wildman–Crippen MR) is 82.9 cm³/mol. The van der Waals surface area contributed by atoms with E-state index >= 15 is 0 Å². The summed E-state index contributed by atoms with van der Waals surface area (Å²) in [6.45, 7) is 10.2. The summed E-state index contributed by atoms with van der Waals surface area (Å²) in [5, 5.41) is 3.46. The number of amides is 1. The lowest BCUT2D eigenvalue weighted by atomic mass is 10.0. The van der Waals surface area contributed by atoms with E-state index in [4.69, 9.17) is 0 Å². The second-order valence-electron chi connectivity index (χ2n) is 6.20. The number of hydrogen-bond donors (Lipinski definition) is 1. The summed E-state index contributed by atoms with van der Waals surface area (Å²) in [5.41, 5.74) is 3.86. The van der Waals surface area contributed by atoms with Crippen molar-refractivity contribution in [2.75, 3.05) is 13.1 Å². The fourth-order valence-corrected chi connectivity index (χ4v) is 3.06. The Labute approximate surface area is 122 Å². The maximum atomic E-state index is 12.3. The van der Waals surface area contributed by atoms with Gasteiger partial charge >= 0.3 is 0 Å². The molecule has 0 unspecified atom stereocenters. The molecule has 0 aromatic heterocycles. The molecule has 0 spiro atoms. The molecule has 0 aliphatic carbocycles. The highest BCUT2D eigenvalue weighted by atomic mass is 16.2. The summed E-state index contributed by atoms with van der Waals surface area (Å²) in [5.74, 6) is 0.283. The van der Waals surface area contributed by atoms with Crippen molar-refractivity contribution in [1.29, 1.82) is 0 Å². The second kappa shape index (κ2) is 6.40. The van der Waals surface area contributed by atoms with Gasteiger partial charge in [-0.15, -0.1) is 0 Å². The largest absolute Gasteiger partial charge is 0.340 e. The highest BCUT2D eigenvalue weighted by Crippen LogP contribution is 2.14. The smallest absolute Gasteiger partial charge is 0.223 e. The van der Waals surface area contributed by atoms with Crippen LogP contribution in [0, 0.1) is 13.8 Å². The van der Waals surface area contributed by atoms with Crippen LogP contribution in [0.4, 0.5) is 0 Å². The lowest BCUT2D eigenvalue weighted by Gasteiger charge is -2.36. The van der Waals surface area contributed by atoms with Gasteiger partial charge in [-0.05, 0) is 45.2 Å². The molecule has 2 rings (SSSR count). The first-order chi connectivity index (χ1) is 9.45. The van der Waals surface area contributed by atoms with Gasteiger partial charge in [0.2, 0.25) is 5.91 Å². The number of rotatable bonds is 3. The zero-order valence-electron chi connectivity index (χ0n) is 13.1. The molecule has 0 bridgehead atoms. The Hall–Kier alpha value is -1.35. The van der Waals surface area contributed by atoms with Crippen LogP contribution in [0.5, 0.6) is 0 Å². The Morgan fingerprint density at radius 1 is 1.25 bits per heavy atom. The Bertz CT molecular complexity index is 474. The van der Waals surface area contributed by atoms with Crippen LogP contribution in [-0.4, -0.2) is 36.0 Å². The molecule has 1 amide bonds. The van der Waals surface area contributed by atoms with E-state index in [0.29, 0.717) is 18.5 Å². The molecular formula is C17H26N2O. The van der Waals surface area contributed by atoms with E-state index in [9.17, 15) is 4.79 Å². The van der Waals surface area contributed by atoms with E-state index < -0.39 is 0 Å². The molecule has 1 saturated heterocycles. The van der Waals surface area contributed by atoms with Crippen molar-refractivity contribution in [1.82, 2.24) is 10.2 Å². The van der Waals surface area contributed by atoms with Crippen molar-refractivity contribution in [3.05, 3.63) is 34.9 Å². The zero-order valence-corrected chi connectivity index (χ0v) is 13.1. The summed E-state index contributed by atoms with van der Waals surface area (Å²) in [7, 11) is 0. The van der Waals surface area contributed by atoms with Gasteiger partial charge in [0.1, 0.15) is 0 Å². The molecule has 3 heteroatoms. The molecular weight excluding hydrogens is 248 g/mol. The molecule has 1 aromatic rings. The SMILES string of the molecule is Cc1ccc(CCC(=O)N2C[C@@H](C)N[C@@H](C)C2)c(C)c1. The Morgan fingerprint density at radius 2 is 1.90 bits per heavy atom. The summed E-state index contributed by atoms with van der Waals surface area (Å²) >= 11 is 0. The molecule has 0 radical (unpaired) electrons. The maximum absolute atomic E-state index is 12.3. The van der Waals surface area contributed by atoms with Crippen molar-refractivity contribution >= 4 is 5.91 Å². The molecule has 3 nitrogen and oxygen atoms in total. The molecule has 0 saturated carbocycles. The number of carbonyl (C=O) groups is 1. The first-order valence-electron chi connectivity index (χ1n) is 7.55. The molecule has 110 valence electrons. The molecule has 1 fully saturated rings. The highest BCUT2D eigenvalue weighted by molar-refractivity contribution is 5.76. The summed E-state index contributed by atoms with van der Waals surface area (Å²) < 4.78 is 0. The van der Waals surface area contributed by atoms with Gasteiger partial charge < -0.3 is 10.2 Å². The fourth-order valence-electron chi connectivity index (χ4n) is 3.06. The Balaban J connectivity index is 1.91. The van der Waals surface area contributed by atoms with E-state index in [0.717, 1.165) is 19.5 Å². The number of aryl methyl sites for hydroxylation is 3. The van der Waals surface area contributed by atoms with E-state index in [2.05, 4.69) is 51.2 Å². The standard InChI is InChI=1S/C17H26N2O/c1-12-5-6-16(13(2)9-12)7-8-17(20)19-10-14(3)18-15(4)11-19/h5-6,9,14-15,18H,7-8,10-11H2,1-4H3/t14-,15+. The molecule has 1 aliphatic rings. The molecule has 1 aliphatic heterocycles. The number of nitrogens with zero attached hydrogens (tertiary/aromatic N) is 1. The van der Waals surface area contributed by atoms with Crippen molar-refractivity contribution in [3.8, 4) is 0 Å². The lowest BCUT2D eigenvalue weighted by Crippen LogP contribution is -2.55. The first kappa shape index (κ1) is 15.0. The Kier molecular flexibility index (Phi) is 4.81. The average Bonchev–Trinajstić information content (AvgIpc) is 2.36. The van der Waals surface area contributed by atoms with Crippen molar-refractivity contribution < 1.29 is 4.79 Å². The fraction of sp³-hybridized carbons (Fsp3) is 0.588. The van der Waals surface area contributed by atoms with Gasteiger partial charge in [0.25, 0.3) is 0 Å². The number of carbonyl (C=O) groups excluding carboxylic acids is 1. The van der Waals surface area contributed by atoms with Crippen LogP contribution in [0.15, 0.2) is 18.2 Å². The Morgan fingerprint density at radius 3 is 2.50 bits per heavy atom. The number of benzene rings is 1. The van der Waals surface area contributed by atoms with Gasteiger partial charge in [-0.3, -0.25) is 4.79 Å². The zero-order chi connectivity index (χ0) is 14.7. The average molecular weight is 274 g/mol. The van der Waals surface area contributed by atoms with E-state index in [1.54, 1.807) is 0 Å². The second-order valence-corrected chi connectivity index (χ2v) is 6.20. The van der Waals surface area contributed by atoms with E-state index in [-0.39, 0.29) is 5.91 Å². The van der Waals surface area contributed by atoms with Gasteiger partial charge in [-0.2, -0.15) is 0 Å². The maximum Gasteiger partial charge on any atom is 0.223 e. The van der Waals surface area contributed by atoms with Crippen LogP contribution in [-0.2, 0) is 11.2 Å². The van der Waals surface area contributed by atoms with Crippen LogP contribution in [0.1, 0.15) is 37.0 Å². The summed E-state index contributed by atoms with van der Waals surface area (Å²) in [6, 6.07) is 7.25. The third-order valence-electron chi connectivity index (χ3n) is 4.02. The van der Waals surface area contributed by atoms with Gasteiger partial charge in [0.15, 0.2) is 0 Å². The lowest BCUT2D eigenvalue weighted by molar-refractivity contribution is -0.132. The van der Waals surface area contributed by atoms with Crippen molar-refractivity contribution in [2.24, 2.45) is 0 Å².